The summed E-state index contributed by atoms with van der Waals surface area (Å²) in [6, 6.07) is -9.57. The van der Waals surface area contributed by atoms with Gasteiger partial charge in [-0.2, -0.15) is 0 Å². The number of unbranched alkanes of at least 4 members (excludes halogenated alkanes) is 1. The Labute approximate surface area is 508 Å². The lowest BCUT2D eigenvalue weighted by Gasteiger charge is -2.29. The number of rotatable bonds is 29. The fourth-order valence-electron chi connectivity index (χ4n) is 8.83. The van der Waals surface area contributed by atoms with Crippen molar-refractivity contribution in [3.8, 4) is 0 Å². The zero-order chi connectivity index (χ0) is 69.7. The van der Waals surface area contributed by atoms with Crippen molar-refractivity contribution < 1.29 is 72.5 Å². The summed E-state index contributed by atoms with van der Waals surface area (Å²) in [5.41, 5.74) is 29.6. The molecule has 1 aliphatic heterocycles. The maximum Gasteiger partial charge on any atom is 0.245 e. The van der Waals surface area contributed by atoms with E-state index < -0.39 is 196 Å². The van der Waals surface area contributed by atoms with Crippen LogP contribution in [0, 0.1) is 11.8 Å². The standard InChI is InChI=1S/C56H98N16O13/c1-7-32(4)13-11-12-16-44(75)63-36(17-23-57)51(80)72-46(34(6)74)56(85)68-39(20-26-60)48(77)67-41-22-28-62-55(84)45(33(5)73)71-52(81)40(21-27-61)65-47(76)37(18-24-58)66-53(82)42(29-31(2)3)69-54(83)43(30-35-14-9-8-10-15-35)70-49(78)38(19-25-59)64-50(41)79/h8-10,14-15,31-34,36-43,45-46,73-74H,7,11-13,16-30,57-61H2,1-6H3,(H,62,84)(H,63,75)(H,64,79)(H,65,76)(H,66,82)(H,67,77)(H,68,85)(H,69,83)(H,70,78)(H,71,81)(H,72,80)/t32-,33+,34+,36-,37-,38-,39-,40-,41-,42-,43+,45-,46-/m0/s1/i2D3,3D3,31D. The van der Waals surface area contributed by atoms with Gasteiger partial charge >= 0.3 is 0 Å². The topological polar surface area (TPSA) is 491 Å². The second-order valence-electron chi connectivity index (χ2n) is 21.1. The summed E-state index contributed by atoms with van der Waals surface area (Å²) >= 11 is 0. The van der Waals surface area contributed by atoms with Crippen molar-refractivity contribution in [2.75, 3.05) is 39.3 Å². The zero-order valence-electron chi connectivity index (χ0n) is 56.1. The Bertz CT molecular complexity index is 2580. The highest BCUT2D eigenvalue weighted by molar-refractivity contribution is 5.99. The SMILES string of the molecule is [2H]C([2H])([2H])C([2H])(C[C@@H]1NC(=O)[C@@H](Cc2ccccc2)NC(=O)[C@H](CCN)NC(=O)[C@@H](NC(=O)[C@H](CCN)NC(=O)[C@@H](NC(=O)[C@H](CCN)NC(=O)CCCC[C@@H](C)CC)[C@@H](C)O)CCNC(=O)[C@H]([C@@H](C)O)NC(=O)[C@H](CCN)NC(=O)[C@H](CCN)NC1=O)C([2H])([2H])[2H]. The molecule has 0 spiro atoms. The third kappa shape index (κ3) is 26.9. The van der Waals surface area contributed by atoms with Crippen LogP contribution in [0.1, 0.15) is 134 Å². The molecule has 85 heavy (non-hydrogen) atoms. The smallest absolute Gasteiger partial charge is 0.245 e. The molecule has 1 heterocycles. The minimum absolute atomic E-state index is 0.0573. The molecule has 2 rings (SSSR count). The summed E-state index contributed by atoms with van der Waals surface area (Å²) in [5, 5.41) is 48.1. The molecule has 23 N–H and O–H groups in total. The van der Waals surface area contributed by atoms with Gasteiger partial charge in [0, 0.05) is 29.0 Å². The minimum atomic E-state index is -3.67. The van der Waals surface area contributed by atoms with E-state index in [2.05, 4.69) is 72.3 Å². The number of nitrogens with one attached hydrogen (secondary N) is 11. The number of aliphatic hydroxyl groups is 2. The predicted octanol–water partition coefficient (Wildman–Crippen LogP) is -5.24. The first kappa shape index (κ1) is 62.6. The first-order valence-electron chi connectivity index (χ1n) is 32.3. The Morgan fingerprint density at radius 3 is 1.64 bits per heavy atom. The molecule has 1 saturated heterocycles. The summed E-state index contributed by atoms with van der Waals surface area (Å²) in [6.45, 7) is -2.77. The molecule has 29 nitrogen and oxygen atoms in total. The van der Waals surface area contributed by atoms with E-state index in [0.717, 1.165) is 26.2 Å². The number of amides is 11. The van der Waals surface area contributed by atoms with Crippen LogP contribution in [0.15, 0.2) is 30.3 Å². The summed E-state index contributed by atoms with van der Waals surface area (Å²) in [5.74, 6) is -15.0. The number of nitrogens with two attached hydrogens (primary N) is 5. The van der Waals surface area contributed by atoms with Crippen molar-refractivity contribution in [2.45, 2.75) is 197 Å². The number of benzene rings is 1. The van der Waals surface area contributed by atoms with Gasteiger partial charge in [0.1, 0.15) is 60.4 Å². The molecule has 1 aromatic carbocycles. The second-order valence-corrected chi connectivity index (χ2v) is 21.1. The Balaban J connectivity index is 2.81. The van der Waals surface area contributed by atoms with E-state index >= 15 is 0 Å². The quantitative estimate of drug-likeness (QED) is 0.0333. The molecule has 1 fully saturated rings. The van der Waals surface area contributed by atoms with E-state index in [1.165, 1.54) is 19.1 Å². The van der Waals surface area contributed by atoms with Gasteiger partial charge in [0.05, 0.1) is 12.2 Å². The number of carbonyl (C=O) groups excluding carboxylic acids is 11. The molecule has 0 bridgehead atoms. The van der Waals surface area contributed by atoms with Crippen LogP contribution < -0.4 is 87.2 Å². The van der Waals surface area contributed by atoms with Gasteiger partial charge in [-0.25, -0.2) is 0 Å². The van der Waals surface area contributed by atoms with Crippen LogP contribution in [0.3, 0.4) is 0 Å². The summed E-state index contributed by atoms with van der Waals surface area (Å²) in [7, 11) is 0. The lowest BCUT2D eigenvalue weighted by Crippen LogP contribution is -2.62. The average Bonchev–Trinajstić information content (AvgIpc) is 0.777. The maximum absolute atomic E-state index is 14.7. The molecule has 1 aliphatic rings. The van der Waals surface area contributed by atoms with E-state index in [1.54, 1.807) is 18.2 Å². The van der Waals surface area contributed by atoms with Crippen LogP contribution in [-0.2, 0) is 59.2 Å². The van der Waals surface area contributed by atoms with E-state index in [1.807, 2.05) is 0 Å². The third-order valence-electron chi connectivity index (χ3n) is 14.0. The predicted molar refractivity (Wildman–Crippen MR) is 316 cm³/mol. The Morgan fingerprint density at radius 1 is 0.612 bits per heavy atom. The normalized spacial score (nSPS) is 24.5. The van der Waals surface area contributed by atoms with Crippen molar-refractivity contribution in [1.29, 1.82) is 0 Å². The number of aliphatic hydroxyl groups excluding tert-OH is 2. The minimum Gasteiger partial charge on any atom is -0.391 e. The third-order valence-corrected chi connectivity index (χ3v) is 14.0. The van der Waals surface area contributed by atoms with Gasteiger partial charge in [-0.15, -0.1) is 0 Å². The fourth-order valence-corrected chi connectivity index (χ4v) is 8.83. The fraction of sp³-hybridized carbons (Fsp3) is 0.696. The molecular weight excluding hydrogens is 1100 g/mol. The van der Waals surface area contributed by atoms with Gasteiger partial charge in [0.2, 0.25) is 65.0 Å². The van der Waals surface area contributed by atoms with E-state index in [0.29, 0.717) is 17.9 Å². The molecule has 0 unspecified atom stereocenters. The van der Waals surface area contributed by atoms with Crippen LogP contribution in [0.5, 0.6) is 0 Å². The summed E-state index contributed by atoms with van der Waals surface area (Å²) < 4.78 is 57.6. The molecule has 29 heteroatoms. The first-order chi connectivity index (χ1) is 43.1. The van der Waals surface area contributed by atoms with Gasteiger partial charge in [-0.1, -0.05) is 77.1 Å². The monoisotopic (exact) mass is 1210 g/mol. The van der Waals surface area contributed by atoms with Crippen LogP contribution in [0.4, 0.5) is 0 Å². The molecule has 1 aromatic rings. The van der Waals surface area contributed by atoms with Crippen molar-refractivity contribution >= 4 is 65.0 Å². The Hall–Kier alpha value is -6.89. The van der Waals surface area contributed by atoms with Gasteiger partial charge in [0.15, 0.2) is 0 Å². The van der Waals surface area contributed by atoms with Crippen molar-refractivity contribution in [3.63, 3.8) is 0 Å². The molecule has 0 radical (unpaired) electrons. The zero-order valence-corrected chi connectivity index (χ0v) is 49.1. The van der Waals surface area contributed by atoms with Crippen LogP contribution in [0.25, 0.3) is 0 Å². The molecule has 0 aliphatic carbocycles. The second kappa shape index (κ2) is 39.7. The largest absolute Gasteiger partial charge is 0.391 e. The van der Waals surface area contributed by atoms with Gasteiger partial charge < -0.3 is 97.4 Å². The number of carbonyl (C=O) groups is 11. The highest BCUT2D eigenvalue weighted by Gasteiger charge is 2.37. The maximum atomic E-state index is 14.7. The van der Waals surface area contributed by atoms with Crippen molar-refractivity contribution in [2.24, 2.45) is 40.5 Å². The van der Waals surface area contributed by atoms with E-state index in [9.17, 15) is 63.0 Å². The molecular formula is C56H98N16O13. The molecule has 13 atom stereocenters. The molecule has 0 saturated carbocycles. The average molecular weight is 1210 g/mol. The lowest BCUT2D eigenvalue weighted by molar-refractivity contribution is -0.137. The van der Waals surface area contributed by atoms with E-state index in [4.69, 9.17) is 38.3 Å². The number of hydrogen-bond acceptors (Lipinski definition) is 18. The summed E-state index contributed by atoms with van der Waals surface area (Å²) in [4.78, 5) is 155. The molecule has 480 valence electrons. The van der Waals surface area contributed by atoms with Crippen molar-refractivity contribution in [3.05, 3.63) is 35.9 Å². The highest BCUT2D eigenvalue weighted by atomic mass is 16.3. The van der Waals surface area contributed by atoms with Gasteiger partial charge in [-0.3, -0.25) is 52.7 Å². The van der Waals surface area contributed by atoms with E-state index in [-0.39, 0.29) is 58.4 Å². The summed E-state index contributed by atoms with van der Waals surface area (Å²) in [6.07, 6.45) is -3.99. The lowest BCUT2D eigenvalue weighted by atomic mass is 10.00. The number of hydrogen-bond donors (Lipinski definition) is 18. The first-order valence-corrected chi connectivity index (χ1v) is 28.8. The molecule has 11 amide bonds. The van der Waals surface area contributed by atoms with Crippen LogP contribution >= 0.6 is 0 Å². The van der Waals surface area contributed by atoms with Crippen LogP contribution in [0.2, 0.25) is 0 Å². The van der Waals surface area contributed by atoms with Gasteiger partial charge in [0.25, 0.3) is 0 Å². The van der Waals surface area contributed by atoms with Gasteiger partial charge in [-0.05, 0) is 115 Å². The Kier molecular flexibility index (Phi) is 29.2. The molecule has 0 aromatic heterocycles. The Morgan fingerprint density at radius 2 is 1.12 bits per heavy atom. The van der Waals surface area contributed by atoms with Crippen molar-refractivity contribution in [1.82, 2.24) is 58.5 Å². The highest BCUT2D eigenvalue weighted by Crippen LogP contribution is 2.14. The van der Waals surface area contributed by atoms with Crippen LogP contribution in [-0.4, -0.2) is 187 Å².